The Bertz CT molecular complexity index is 435. The van der Waals surface area contributed by atoms with Gasteiger partial charge in [0.15, 0.2) is 10.3 Å². The van der Waals surface area contributed by atoms with E-state index >= 15 is 0 Å². The van der Waals surface area contributed by atoms with E-state index in [4.69, 9.17) is 0 Å². The lowest BCUT2D eigenvalue weighted by Crippen LogP contribution is -1.87. The lowest BCUT2D eigenvalue weighted by molar-refractivity contribution is 0.936. The molecule has 0 spiro atoms. The maximum Gasteiger partial charge on any atom is 0.199 e. The highest BCUT2D eigenvalue weighted by Crippen LogP contribution is 2.32. The van der Waals surface area contributed by atoms with Crippen molar-refractivity contribution in [3.8, 4) is 0 Å². The average molecular weight is 236 g/mol. The molecule has 2 rings (SSSR count). The molecule has 0 saturated heterocycles. The first kappa shape index (κ1) is 10.4. The zero-order chi connectivity index (χ0) is 10.5. The van der Waals surface area contributed by atoms with Crippen LogP contribution in [0.2, 0.25) is 0 Å². The van der Waals surface area contributed by atoms with Crippen LogP contribution in [0.1, 0.15) is 5.69 Å². The zero-order valence-corrected chi connectivity index (χ0v) is 9.63. The van der Waals surface area contributed by atoms with Crippen LogP contribution >= 0.6 is 21.6 Å². The maximum absolute atomic E-state index is 4.26. The van der Waals surface area contributed by atoms with Crippen molar-refractivity contribution >= 4 is 21.6 Å². The molecule has 0 N–H and O–H groups in total. The molecule has 0 unspecified atom stereocenters. The molecule has 0 fully saturated rings. The average Bonchev–Trinajstić information content (AvgIpc) is 2.28. The van der Waals surface area contributed by atoms with Crippen LogP contribution in [0.3, 0.4) is 0 Å². The van der Waals surface area contributed by atoms with Gasteiger partial charge in [0.05, 0.1) is 0 Å². The summed E-state index contributed by atoms with van der Waals surface area (Å²) in [5, 5.41) is 1.44. The Morgan fingerprint density at radius 1 is 0.933 bits per heavy atom. The first-order chi connectivity index (χ1) is 7.34. The molecular weight excluding hydrogens is 228 g/mol. The van der Waals surface area contributed by atoms with E-state index in [-0.39, 0.29) is 0 Å². The van der Waals surface area contributed by atoms with Gasteiger partial charge in [-0.15, -0.1) is 0 Å². The molecule has 0 amide bonds. The number of aromatic nitrogens is 4. The van der Waals surface area contributed by atoms with E-state index in [0.29, 0.717) is 5.16 Å². The van der Waals surface area contributed by atoms with Crippen LogP contribution in [0.15, 0.2) is 41.0 Å². The second kappa shape index (κ2) is 5.09. The van der Waals surface area contributed by atoms with Gasteiger partial charge >= 0.3 is 0 Å². The normalized spacial score (nSPS) is 10.2. The van der Waals surface area contributed by atoms with Gasteiger partial charge in [-0.1, -0.05) is 0 Å². The highest BCUT2D eigenvalue weighted by Gasteiger charge is 2.01. The van der Waals surface area contributed by atoms with Crippen LogP contribution < -0.4 is 0 Å². The van der Waals surface area contributed by atoms with Crippen LogP contribution in [0.5, 0.6) is 0 Å². The van der Waals surface area contributed by atoms with Crippen molar-refractivity contribution in [1.82, 2.24) is 19.9 Å². The van der Waals surface area contributed by atoms with Crippen molar-refractivity contribution in [2.24, 2.45) is 0 Å². The SMILES string of the molecule is Cc1ccnc(SSc2ncccn2)n1. The van der Waals surface area contributed by atoms with E-state index in [1.54, 1.807) is 24.7 Å². The molecule has 0 aliphatic heterocycles. The molecule has 0 aliphatic rings. The molecule has 6 heteroatoms. The van der Waals surface area contributed by atoms with Gasteiger partial charge in [0, 0.05) is 24.3 Å². The fourth-order valence-electron chi connectivity index (χ4n) is 0.869. The monoisotopic (exact) mass is 236 g/mol. The minimum atomic E-state index is 0.715. The number of rotatable bonds is 3. The van der Waals surface area contributed by atoms with Crippen LogP contribution in [0, 0.1) is 6.92 Å². The van der Waals surface area contributed by atoms with Gasteiger partial charge in [-0.2, -0.15) is 0 Å². The predicted octanol–water partition coefficient (Wildman–Crippen LogP) is 2.37. The first-order valence-corrected chi connectivity index (χ1v) is 6.41. The van der Waals surface area contributed by atoms with E-state index in [0.717, 1.165) is 10.9 Å². The molecule has 76 valence electrons. The Balaban J connectivity index is 1.99. The van der Waals surface area contributed by atoms with E-state index < -0.39 is 0 Å². The van der Waals surface area contributed by atoms with Crippen molar-refractivity contribution in [3.63, 3.8) is 0 Å². The second-order valence-corrected chi connectivity index (χ2v) is 4.74. The van der Waals surface area contributed by atoms with Crippen LogP contribution in [-0.2, 0) is 0 Å². The fraction of sp³-hybridized carbons (Fsp3) is 0.111. The number of hydrogen-bond acceptors (Lipinski definition) is 6. The fourth-order valence-corrected chi connectivity index (χ4v) is 2.46. The Morgan fingerprint density at radius 3 is 2.33 bits per heavy atom. The molecular formula is C9H8N4S2. The minimum Gasteiger partial charge on any atom is -0.230 e. The quantitative estimate of drug-likeness (QED) is 0.602. The standard InChI is InChI=1S/C9H8N4S2/c1-7-3-6-12-9(13-7)15-14-8-10-4-2-5-11-8/h2-6H,1H3. The Hall–Kier alpha value is -1.14. The largest absolute Gasteiger partial charge is 0.230 e. The third-order valence-corrected chi connectivity index (χ3v) is 3.44. The Morgan fingerprint density at radius 2 is 1.60 bits per heavy atom. The summed E-state index contributed by atoms with van der Waals surface area (Å²) in [5.74, 6) is 0. The topological polar surface area (TPSA) is 51.6 Å². The summed E-state index contributed by atoms with van der Waals surface area (Å²) in [6.45, 7) is 1.94. The van der Waals surface area contributed by atoms with Crippen LogP contribution in [0.4, 0.5) is 0 Å². The van der Waals surface area contributed by atoms with Crippen molar-refractivity contribution < 1.29 is 0 Å². The van der Waals surface area contributed by atoms with Crippen molar-refractivity contribution in [3.05, 3.63) is 36.4 Å². The second-order valence-electron chi connectivity index (χ2n) is 2.68. The number of nitrogens with zero attached hydrogens (tertiary/aromatic N) is 4. The van der Waals surface area contributed by atoms with Crippen LogP contribution in [-0.4, -0.2) is 19.9 Å². The molecule has 0 aromatic carbocycles. The molecule has 0 atom stereocenters. The Kier molecular flexibility index (Phi) is 3.52. The molecule has 4 nitrogen and oxygen atoms in total. The summed E-state index contributed by atoms with van der Waals surface area (Å²) >= 11 is 0. The van der Waals surface area contributed by atoms with Gasteiger partial charge in [-0.3, -0.25) is 0 Å². The highest BCUT2D eigenvalue weighted by atomic mass is 33.1. The highest BCUT2D eigenvalue weighted by molar-refractivity contribution is 8.76. The molecule has 15 heavy (non-hydrogen) atoms. The predicted molar refractivity (Wildman–Crippen MR) is 60.5 cm³/mol. The van der Waals surface area contributed by atoms with Gasteiger partial charge in [-0.25, -0.2) is 19.9 Å². The van der Waals surface area contributed by atoms with Gasteiger partial charge in [0.2, 0.25) is 0 Å². The van der Waals surface area contributed by atoms with Crippen molar-refractivity contribution in [1.29, 1.82) is 0 Å². The number of aryl methyl sites for hydroxylation is 1. The van der Waals surface area contributed by atoms with Gasteiger partial charge in [0.1, 0.15) is 0 Å². The maximum atomic E-state index is 4.26. The summed E-state index contributed by atoms with van der Waals surface area (Å²) in [6.07, 6.45) is 5.18. The minimum absolute atomic E-state index is 0.715. The molecule has 0 radical (unpaired) electrons. The lowest BCUT2D eigenvalue weighted by Gasteiger charge is -1.98. The van der Waals surface area contributed by atoms with E-state index in [2.05, 4.69) is 19.9 Å². The van der Waals surface area contributed by atoms with E-state index in [9.17, 15) is 0 Å². The molecule has 0 bridgehead atoms. The van der Waals surface area contributed by atoms with Crippen LogP contribution in [0.25, 0.3) is 0 Å². The van der Waals surface area contributed by atoms with Crippen molar-refractivity contribution in [2.75, 3.05) is 0 Å². The zero-order valence-electron chi connectivity index (χ0n) is 7.99. The molecule has 2 aromatic rings. The lowest BCUT2D eigenvalue weighted by atomic mass is 10.5. The summed E-state index contributed by atoms with van der Waals surface area (Å²) < 4.78 is 0. The first-order valence-electron chi connectivity index (χ1n) is 4.26. The van der Waals surface area contributed by atoms with Gasteiger partial charge < -0.3 is 0 Å². The smallest absolute Gasteiger partial charge is 0.199 e. The molecule has 2 heterocycles. The summed E-state index contributed by atoms with van der Waals surface area (Å²) in [4.78, 5) is 16.6. The van der Waals surface area contributed by atoms with E-state index in [1.807, 2.05) is 13.0 Å². The van der Waals surface area contributed by atoms with Gasteiger partial charge in [-0.05, 0) is 40.6 Å². The number of hydrogen-bond donors (Lipinski definition) is 0. The van der Waals surface area contributed by atoms with Gasteiger partial charge in [0.25, 0.3) is 0 Å². The summed E-state index contributed by atoms with van der Waals surface area (Å²) in [6, 6.07) is 3.66. The van der Waals surface area contributed by atoms with E-state index in [1.165, 1.54) is 21.6 Å². The summed E-state index contributed by atoms with van der Waals surface area (Å²) in [7, 11) is 2.91. The third-order valence-electron chi connectivity index (χ3n) is 1.51. The Labute approximate surface area is 95.4 Å². The molecule has 0 aliphatic carbocycles. The third kappa shape index (κ3) is 3.17. The summed E-state index contributed by atoms with van der Waals surface area (Å²) in [5.41, 5.74) is 0.960. The molecule has 2 aromatic heterocycles. The van der Waals surface area contributed by atoms with Crippen molar-refractivity contribution in [2.45, 2.75) is 17.2 Å². The molecule has 0 saturated carbocycles.